The van der Waals surface area contributed by atoms with Gasteiger partial charge in [0.05, 0.1) is 0 Å². The van der Waals surface area contributed by atoms with Crippen LogP contribution in [-0.4, -0.2) is 23.6 Å². The number of anilines is 3. The quantitative estimate of drug-likeness (QED) is 0.816. The molecule has 1 aromatic carbocycles. The van der Waals surface area contributed by atoms with Crippen molar-refractivity contribution in [2.75, 3.05) is 24.3 Å². The van der Waals surface area contributed by atoms with E-state index < -0.39 is 0 Å². The standard InChI is InChI=1S/C16H22N4O/c1-4-9-17-14-10-15(20-16(19-14)11-21-3)18-13-8-6-5-7-12(13)2/h5-8,10H,4,9,11H2,1-3H3,(H2,17,18,19,20). The van der Waals surface area contributed by atoms with Gasteiger partial charge in [-0.2, -0.15) is 0 Å². The Bertz CT molecular complexity index is 586. The molecule has 5 nitrogen and oxygen atoms in total. The molecule has 0 bridgehead atoms. The highest BCUT2D eigenvalue weighted by molar-refractivity contribution is 5.62. The number of benzene rings is 1. The monoisotopic (exact) mass is 286 g/mol. The van der Waals surface area contributed by atoms with Crippen LogP contribution in [0.4, 0.5) is 17.3 Å². The molecule has 0 aliphatic heterocycles. The Hall–Kier alpha value is -2.14. The molecule has 0 fully saturated rings. The zero-order chi connectivity index (χ0) is 15.1. The summed E-state index contributed by atoms with van der Waals surface area (Å²) in [5.74, 6) is 2.25. The van der Waals surface area contributed by atoms with E-state index in [9.17, 15) is 0 Å². The SMILES string of the molecule is CCCNc1cc(Nc2ccccc2C)nc(COC)n1. The minimum Gasteiger partial charge on any atom is -0.377 e. The highest BCUT2D eigenvalue weighted by Crippen LogP contribution is 2.20. The minimum absolute atomic E-state index is 0.393. The number of para-hydroxylation sites is 1. The first-order valence-corrected chi connectivity index (χ1v) is 7.16. The molecule has 0 aliphatic carbocycles. The molecule has 2 rings (SSSR count). The van der Waals surface area contributed by atoms with Crippen molar-refractivity contribution in [3.63, 3.8) is 0 Å². The van der Waals surface area contributed by atoms with Crippen LogP contribution in [0.3, 0.4) is 0 Å². The van der Waals surface area contributed by atoms with Crippen molar-refractivity contribution in [1.82, 2.24) is 9.97 Å². The van der Waals surface area contributed by atoms with Crippen LogP contribution in [0.25, 0.3) is 0 Å². The van der Waals surface area contributed by atoms with Crippen LogP contribution < -0.4 is 10.6 Å². The summed E-state index contributed by atoms with van der Waals surface area (Å²) < 4.78 is 5.14. The van der Waals surface area contributed by atoms with Crippen LogP contribution in [0.5, 0.6) is 0 Å². The van der Waals surface area contributed by atoms with Gasteiger partial charge in [0.15, 0.2) is 5.82 Å². The van der Waals surface area contributed by atoms with Gasteiger partial charge in [-0.3, -0.25) is 0 Å². The molecular weight excluding hydrogens is 264 g/mol. The number of nitrogens with one attached hydrogen (secondary N) is 2. The lowest BCUT2D eigenvalue weighted by Crippen LogP contribution is -2.08. The number of ether oxygens (including phenoxy) is 1. The fraction of sp³-hybridized carbons (Fsp3) is 0.375. The van der Waals surface area contributed by atoms with Gasteiger partial charge >= 0.3 is 0 Å². The maximum atomic E-state index is 5.14. The van der Waals surface area contributed by atoms with Gasteiger partial charge < -0.3 is 15.4 Å². The van der Waals surface area contributed by atoms with Gasteiger partial charge in [0.1, 0.15) is 18.2 Å². The zero-order valence-electron chi connectivity index (χ0n) is 12.8. The second-order valence-corrected chi connectivity index (χ2v) is 4.85. The van der Waals surface area contributed by atoms with Gasteiger partial charge in [0, 0.05) is 25.4 Å². The largest absolute Gasteiger partial charge is 0.377 e. The van der Waals surface area contributed by atoms with E-state index in [4.69, 9.17) is 4.74 Å². The molecule has 0 saturated heterocycles. The summed E-state index contributed by atoms with van der Waals surface area (Å²) in [6.07, 6.45) is 1.05. The Labute approximate surface area is 125 Å². The lowest BCUT2D eigenvalue weighted by molar-refractivity contribution is 0.178. The molecule has 1 heterocycles. The zero-order valence-corrected chi connectivity index (χ0v) is 12.8. The van der Waals surface area contributed by atoms with Crippen molar-refractivity contribution in [3.05, 3.63) is 41.7 Å². The Kier molecular flexibility index (Phi) is 5.51. The van der Waals surface area contributed by atoms with E-state index in [1.165, 1.54) is 5.56 Å². The highest BCUT2D eigenvalue weighted by atomic mass is 16.5. The summed E-state index contributed by atoms with van der Waals surface area (Å²) >= 11 is 0. The summed E-state index contributed by atoms with van der Waals surface area (Å²) in [6.45, 7) is 5.46. The molecule has 1 aromatic heterocycles. The number of methoxy groups -OCH3 is 1. The van der Waals surface area contributed by atoms with Crippen molar-refractivity contribution < 1.29 is 4.74 Å². The predicted octanol–water partition coefficient (Wildman–Crippen LogP) is 3.50. The van der Waals surface area contributed by atoms with Crippen LogP contribution in [0.1, 0.15) is 24.7 Å². The minimum atomic E-state index is 0.393. The van der Waals surface area contributed by atoms with Crippen molar-refractivity contribution in [2.45, 2.75) is 26.9 Å². The fourth-order valence-electron chi connectivity index (χ4n) is 1.95. The smallest absolute Gasteiger partial charge is 0.158 e. The average Bonchev–Trinajstić information content (AvgIpc) is 2.48. The van der Waals surface area contributed by atoms with Crippen molar-refractivity contribution >= 4 is 17.3 Å². The molecule has 0 saturated carbocycles. The number of rotatable bonds is 7. The van der Waals surface area contributed by atoms with E-state index in [0.717, 1.165) is 30.3 Å². The van der Waals surface area contributed by atoms with Gasteiger partial charge in [-0.1, -0.05) is 25.1 Å². The second kappa shape index (κ2) is 7.59. The Morgan fingerprint density at radius 3 is 2.62 bits per heavy atom. The Morgan fingerprint density at radius 2 is 1.90 bits per heavy atom. The Morgan fingerprint density at radius 1 is 1.14 bits per heavy atom. The molecule has 0 unspecified atom stereocenters. The molecular formula is C16H22N4O. The van der Waals surface area contributed by atoms with Gasteiger partial charge in [0.25, 0.3) is 0 Å². The van der Waals surface area contributed by atoms with E-state index in [1.54, 1.807) is 7.11 Å². The molecule has 0 amide bonds. The topological polar surface area (TPSA) is 59.1 Å². The molecule has 2 aromatic rings. The first kappa shape index (κ1) is 15.3. The maximum Gasteiger partial charge on any atom is 0.158 e. The third kappa shape index (κ3) is 4.43. The molecule has 112 valence electrons. The van der Waals surface area contributed by atoms with E-state index in [1.807, 2.05) is 24.3 Å². The average molecular weight is 286 g/mol. The van der Waals surface area contributed by atoms with Gasteiger partial charge in [-0.05, 0) is 25.0 Å². The lowest BCUT2D eigenvalue weighted by Gasteiger charge is -2.12. The van der Waals surface area contributed by atoms with Crippen LogP contribution in [0, 0.1) is 6.92 Å². The number of hydrogen-bond donors (Lipinski definition) is 2. The van der Waals surface area contributed by atoms with Crippen LogP contribution in [-0.2, 0) is 11.3 Å². The van der Waals surface area contributed by atoms with Crippen molar-refractivity contribution in [3.8, 4) is 0 Å². The normalized spacial score (nSPS) is 10.4. The summed E-state index contributed by atoms with van der Waals surface area (Å²) in [7, 11) is 1.64. The third-order valence-electron chi connectivity index (χ3n) is 3.01. The van der Waals surface area contributed by atoms with Crippen LogP contribution in [0.15, 0.2) is 30.3 Å². The molecule has 5 heteroatoms. The summed E-state index contributed by atoms with van der Waals surface area (Å²) in [5.41, 5.74) is 2.22. The fourth-order valence-corrected chi connectivity index (χ4v) is 1.95. The third-order valence-corrected chi connectivity index (χ3v) is 3.01. The van der Waals surface area contributed by atoms with E-state index in [0.29, 0.717) is 12.4 Å². The number of nitrogens with zero attached hydrogens (tertiary/aromatic N) is 2. The summed E-state index contributed by atoms with van der Waals surface area (Å²) in [6, 6.07) is 10.0. The maximum absolute atomic E-state index is 5.14. The van der Waals surface area contributed by atoms with E-state index in [-0.39, 0.29) is 0 Å². The molecule has 2 N–H and O–H groups in total. The summed E-state index contributed by atoms with van der Waals surface area (Å²) in [4.78, 5) is 8.92. The number of aryl methyl sites for hydroxylation is 1. The van der Waals surface area contributed by atoms with Crippen molar-refractivity contribution in [2.24, 2.45) is 0 Å². The number of aromatic nitrogens is 2. The van der Waals surface area contributed by atoms with E-state index >= 15 is 0 Å². The second-order valence-electron chi connectivity index (χ2n) is 4.85. The Balaban J connectivity index is 2.24. The highest BCUT2D eigenvalue weighted by Gasteiger charge is 2.06. The molecule has 0 atom stereocenters. The van der Waals surface area contributed by atoms with Gasteiger partial charge in [0.2, 0.25) is 0 Å². The first-order valence-electron chi connectivity index (χ1n) is 7.16. The molecule has 0 aliphatic rings. The molecule has 0 spiro atoms. The molecule has 0 radical (unpaired) electrons. The first-order chi connectivity index (χ1) is 10.2. The van der Waals surface area contributed by atoms with Crippen molar-refractivity contribution in [1.29, 1.82) is 0 Å². The number of hydrogen-bond acceptors (Lipinski definition) is 5. The van der Waals surface area contributed by atoms with Crippen LogP contribution >= 0.6 is 0 Å². The predicted molar refractivity (Wildman–Crippen MR) is 86.0 cm³/mol. The lowest BCUT2D eigenvalue weighted by atomic mass is 10.2. The summed E-state index contributed by atoms with van der Waals surface area (Å²) in [5, 5.41) is 6.63. The molecule has 21 heavy (non-hydrogen) atoms. The van der Waals surface area contributed by atoms with Crippen LogP contribution in [0.2, 0.25) is 0 Å². The van der Waals surface area contributed by atoms with Gasteiger partial charge in [-0.25, -0.2) is 9.97 Å². The van der Waals surface area contributed by atoms with E-state index in [2.05, 4.69) is 40.5 Å². The van der Waals surface area contributed by atoms with Gasteiger partial charge in [-0.15, -0.1) is 0 Å².